The molecule has 1 aliphatic heterocycles. The number of hydrogen-bond acceptors (Lipinski definition) is 15. The summed E-state index contributed by atoms with van der Waals surface area (Å²) >= 11 is 0. The number of benzene rings is 3. The number of rotatable bonds is 25. The summed E-state index contributed by atoms with van der Waals surface area (Å²) in [5.74, 6) is 0.965. The number of nitrogens with one attached hydrogen (secondary N) is 1. The SMILES string of the molecule is COc1ccc(C(OC[C@H]2O[C@@H](n3ccc(NC(C)=O)nc3=O)[C@@H](OCOCOCCC#N)[C@H]2OP(OCCC#N)N(C(C)C)C(C)C)(c2ccccc2)c2ccc(OC)cc2)cc1. The van der Waals surface area contributed by atoms with E-state index in [9.17, 15) is 14.9 Å². The molecule has 1 amide bonds. The van der Waals surface area contributed by atoms with E-state index in [-0.39, 0.29) is 64.1 Å². The molecule has 5 rings (SSSR count). The molecule has 64 heavy (non-hydrogen) atoms. The number of carbonyl (C=O) groups is 1. The number of aromatic nitrogens is 2. The third-order valence-electron chi connectivity index (χ3n) is 10.1. The van der Waals surface area contributed by atoms with Gasteiger partial charge in [-0.05, 0) is 74.7 Å². The molecule has 0 spiro atoms. The maximum atomic E-state index is 13.8. The van der Waals surface area contributed by atoms with E-state index in [0.717, 1.165) is 16.7 Å². The molecule has 1 aromatic heterocycles. The maximum absolute atomic E-state index is 13.8. The molecule has 1 unspecified atom stereocenters. The molecule has 18 heteroatoms. The molecule has 5 atom stereocenters. The van der Waals surface area contributed by atoms with Crippen molar-refractivity contribution in [2.75, 3.05) is 52.9 Å². The number of nitrogens with zero attached hydrogens (tertiary/aromatic N) is 5. The number of ether oxygens (including phenoxy) is 7. The van der Waals surface area contributed by atoms with Crippen LogP contribution in [0.3, 0.4) is 0 Å². The average Bonchev–Trinajstić information content (AvgIpc) is 3.62. The first-order valence-electron chi connectivity index (χ1n) is 20.9. The highest BCUT2D eigenvalue weighted by atomic mass is 31.2. The average molecular weight is 901 g/mol. The second-order valence-electron chi connectivity index (χ2n) is 15.1. The first kappa shape index (κ1) is 49.7. The summed E-state index contributed by atoms with van der Waals surface area (Å²) in [7, 11) is 1.30. The van der Waals surface area contributed by atoms with E-state index in [0.29, 0.717) is 11.5 Å². The Labute approximate surface area is 375 Å². The molecule has 1 fully saturated rings. The lowest BCUT2D eigenvalue weighted by Gasteiger charge is -2.39. The molecule has 0 saturated carbocycles. The zero-order valence-corrected chi connectivity index (χ0v) is 38.1. The van der Waals surface area contributed by atoms with Gasteiger partial charge < -0.3 is 47.5 Å². The van der Waals surface area contributed by atoms with Crippen LogP contribution in [0.1, 0.15) is 70.4 Å². The normalized spacial score (nSPS) is 17.9. The molecule has 342 valence electrons. The zero-order valence-electron chi connectivity index (χ0n) is 37.2. The second-order valence-corrected chi connectivity index (χ2v) is 16.5. The van der Waals surface area contributed by atoms with Crippen molar-refractivity contribution in [2.45, 2.75) is 89.7 Å². The van der Waals surface area contributed by atoms with Crippen molar-refractivity contribution in [2.24, 2.45) is 0 Å². The minimum atomic E-state index is -1.91. The van der Waals surface area contributed by atoms with E-state index >= 15 is 0 Å². The standard InChI is InChI=1S/C46H57N6O11P/c1-32(2)52(33(3)4)64(61-28-12-25-48)63-42-40(62-44(43(42)59-31-58-30-57-27-11-24-47)51-26-23-41(49-34(5)53)50-45(51)54)29-60-46(35-13-9-8-10-14-35,36-15-19-38(55-6)20-16-36)37-17-21-39(56-7)22-18-37/h8-10,13-23,26,32-33,40,42-44H,11-12,27-31H2,1-7H3,(H,49,50,53,54)/t40-,42+,43+,44-,64?/m1/s1. The van der Waals surface area contributed by atoms with Crippen molar-refractivity contribution in [3.05, 3.63) is 118 Å². The number of anilines is 1. The van der Waals surface area contributed by atoms with Crippen LogP contribution in [0.4, 0.5) is 5.82 Å². The maximum Gasteiger partial charge on any atom is 0.351 e. The Bertz CT molecular complexity index is 2140. The van der Waals surface area contributed by atoms with E-state index in [1.165, 1.54) is 23.8 Å². The predicted octanol–water partition coefficient (Wildman–Crippen LogP) is 7.03. The van der Waals surface area contributed by atoms with Gasteiger partial charge >= 0.3 is 5.69 Å². The molecule has 3 aromatic carbocycles. The van der Waals surface area contributed by atoms with Crippen LogP contribution in [-0.4, -0.2) is 98.2 Å². The van der Waals surface area contributed by atoms with Crippen LogP contribution in [0.15, 0.2) is 95.9 Å². The van der Waals surface area contributed by atoms with Gasteiger partial charge in [0.1, 0.15) is 54.8 Å². The van der Waals surface area contributed by atoms with E-state index in [2.05, 4.69) is 21.0 Å². The largest absolute Gasteiger partial charge is 0.497 e. The molecule has 0 radical (unpaired) electrons. The summed E-state index contributed by atoms with van der Waals surface area (Å²) in [5.41, 5.74) is 0.351. The van der Waals surface area contributed by atoms with Crippen LogP contribution < -0.4 is 20.5 Å². The van der Waals surface area contributed by atoms with Crippen LogP contribution in [0.5, 0.6) is 11.5 Å². The molecule has 1 N–H and O–H groups in total. The molecule has 0 aliphatic carbocycles. The molecule has 0 bridgehead atoms. The monoisotopic (exact) mass is 900 g/mol. The van der Waals surface area contributed by atoms with Gasteiger partial charge in [0.2, 0.25) is 5.91 Å². The van der Waals surface area contributed by atoms with Crippen LogP contribution in [0.2, 0.25) is 0 Å². The Kier molecular flexibility index (Phi) is 19.2. The van der Waals surface area contributed by atoms with Crippen LogP contribution in [-0.2, 0) is 43.1 Å². The molecular weight excluding hydrogens is 844 g/mol. The van der Waals surface area contributed by atoms with Crippen molar-refractivity contribution < 1.29 is 47.0 Å². The van der Waals surface area contributed by atoms with Crippen LogP contribution in [0.25, 0.3) is 0 Å². The number of nitriles is 2. The molecule has 4 aromatic rings. The van der Waals surface area contributed by atoms with Gasteiger partial charge in [-0.2, -0.15) is 15.5 Å². The fourth-order valence-corrected chi connectivity index (χ4v) is 9.07. The number of methoxy groups -OCH3 is 2. The third-order valence-corrected chi connectivity index (χ3v) is 12.2. The second kappa shape index (κ2) is 24.7. The Hall–Kier alpha value is -5.30. The summed E-state index contributed by atoms with van der Waals surface area (Å²) < 4.78 is 59.7. The van der Waals surface area contributed by atoms with Crippen LogP contribution in [0, 0.1) is 22.7 Å². The summed E-state index contributed by atoms with van der Waals surface area (Å²) in [6.45, 7) is 9.02. The quantitative estimate of drug-likeness (QED) is 0.0308. The molecule has 1 saturated heterocycles. The summed E-state index contributed by atoms with van der Waals surface area (Å²) in [5, 5.41) is 21.0. The van der Waals surface area contributed by atoms with Gasteiger partial charge in [-0.3, -0.25) is 9.36 Å². The molecular formula is C46H57N6O11P. The Balaban J connectivity index is 1.66. The lowest BCUT2D eigenvalue weighted by atomic mass is 9.80. The van der Waals surface area contributed by atoms with Crippen molar-refractivity contribution in [1.82, 2.24) is 14.2 Å². The minimum Gasteiger partial charge on any atom is -0.497 e. The topological polar surface area (TPSA) is 198 Å². The molecule has 1 aliphatic rings. The van der Waals surface area contributed by atoms with E-state index in [4.69, 9.17) is 47.5 Å². The van der Waals surface area contributed by atoms with Gasteiger partial charge in [-0.25, -0.2) is 9.46 Å². The van der Waals surface area contributed by atoms with E-state index < -0.39 is 50.3 Å². The fourth-order valence-electron chi connectivity index (χ4n) is 7.30. The van der Waals surface area contributed by atoms with Gasteiger partial charge in [0, 0.05) is 25.2 Å². The number of hydrogen-bond donors (Lipinski definition) is 1. The number of amides is 1. The van der Waals surface area contributed by atoms with Gasteiger partial charge in [0.05, 0.1) is 59.0 Å². The van der Waals surface area contributed by atoms with Gasteiger partial charge in [-0.15, -0.1) is 0 Å². The van der Waals surface area contributed by atoms with Crippen molar-refractivity contribution in [1.29, 1.82) is 10.5 Å². The summed E-state index contributed by atoms with van der Waals surface area (Å²) in [6.07, 6.45) is -2.47. The van der Waals surface area contributed by atoms with Gasteiger partial charge in [0.15, 0.2) is 6.23 Å². The van der Waals surface area contributed by atoms with Crippen LogP contribution >= 0.6 is 8.53 Å². The zero-order chi connectivity index (χ0) is 46.1. The Morgan fingerprint density at radius 1 is 0.844 bits per heavy atom. The number of carbonyl (C=O) groups excluding carboxylic acids is 1. The third kappa shape index (κ3) is 12.7. The first-order chi connectivity index (χ1) is 31.0. The predicted molar refractivity (Wildman–Crippen MR) is 237 cm³/mol. The van der Waals surface area contributed by atoms with E-state index in [1.807, 2.05) is 113 Å². The molecule has 2 heterocycles. The van der Waals surface area contributed by atoms with Crippen molar-refractivity contribution >= 4 is 20.3 Å². The van der Waals surface area contributed by atoms with E-state index in [1.54, 1.807) is 14.2 Å². The highest BCUT2D eigenvalue weighted by molar-refractivity contribution is 7.44. The Morgan fingerprint density at radius 3 is 1.98 bits per heavy atom. The fraction of sp³-hybridized carbons (Fsp3) is 0.457. The minimum absolute atomic E-state index is 0.0558. The Morgan fingerprint density at radius 2 is 1.44 bits per heavy atom. The highest BCUT2D eigenvalue weighted by Gasteiger charge is 2.51. The van der Waals surface area contributed by atoms with Crippen molar-refractivity contribution in [3.8, 4) is 23.6 Å². The van der Waals surface area contributed by atoms with Gasteiger partial charge in [0.25, 0.3) is 8.53 Å². The summed E-state index contributed by atoms with van der Waals surface area (Å²) in [4.78, 5) is 29.8. The lowest BCUT2D eigenvalue weighted by Crippen LogP contribution is -2.43. The summed E-state index contributed by atoms with van der Waals surface area (Å²) in [6, 6.07) is 30.5. The van der Waals surface area contributed by atoms with Crippen molar-refractivity contribution in [3.63, 3.8) is 0 Å². The van der Waals surface area contributed by atoms with Gasteiger partial charge in [-0.1, -0.05) is 54.6 Å². The highest BCUT2D eigenvalue weighted by Crippen LogP contribution is 2.51. The lowest BCUT2D eigenvalue weighted by molar-refractivity contribution is -0.174. The molecule has 17 nitrogen and oxygen atoms in total. The first-order valence-corrected chi connectivity index (χ1v) is 22.0. The smallest absolute Gasteiger partial charge is 0.351 e.